The molecule has 0 aromatic heterocycles. The Morgan fingerprint density at radius 3 is 3.00 bits per heavy atom. The molecule has 0 radical (unpaired) electrons. The van der Waals surface area contributed by atoms with Crippen LogP contribution in [-0.2, 0) is 4.74 Å². The molecule has 1 rings (SSSR count). The minimum Gasteiger partial charge on any atom is -0.432 e. The first-order valence-electron chi connectivity index (χ1n) is 2.60. The van der Waals surface area contributed by atoms with Crippen molar-refractivity contribution in [3.05, 3.63) is 23.8 Å². The Balaban J connectivity index is 2.41. The van der Waals surface area contributed by atoms with Crippen LogP contribution in [-0.4, -0.2) is 6.23 Å². The number of hydrogen-bond acceptors (Lipinski definition) is 1. The van der Waals surface area contributed by atoms with Crippen molar-refractivity contribution in [2.24, 2.45) is 0 Å². The van der Waals surface area contributed by atoms with E-state index in [4.69, 9.17) is 11.3 Å². The number of ether oxygens (including phenoxy) is 1. The van der Waals surface area contributed by atoms with Crippen LogP contribution < -0.4 is 0 Å². The van der Waals surface area contributed by atoms with Crippen molar-refractivity contribution in [1.29, 1.82) is 0 Å². The van der Waals surface area contributed by atoms with Crippen LogP contribution in [0.15, 0.2) is 12.3 Å². The SMILES string of the molecule is [C-]#[N+][C@@H]1CCC=CO1. The van der Waals surface area contributed by atoms with E-state index in [0.29, 0.717) is 0 Å². The third-order valence-electron chi connectivity index (χ3n) is 1.06. The van der Waals surface area contributed by atoms with Gasteiger partial charge < -0.3 is 4.74 Å². The van der Waals surface area contributed by atoms with Crippen molar-refractivity contribution in [1.82, 2.24) is 0 Å². The third kappa shape index (κ3) is 1.00. The Hall–Kier alpha value is -0.970. The summed E-state index contributed by atoms with van der Waals surface area (Å²) in [6, 6.07) is 0. The van der Waals surface area contributed by atoms with Gasteiger partial charge >= 0.3 is 6.23 Å². The second kappa shape index (κ2) is 2.37. The van der Waals surface area contributed by atoms with Gasteiger partial charge in [-0.3, -0.25) is 4.85 Å². The molecule has 1 heterocycles. The van der Waals surface area contributed by atoms with E-state index >= 15 is 0 Å². The maximum atomic E-state index is 6.56. The van der Waals surface area contributed by atoms with Gasteiger partial charge in [-0.2, -0.15) is 0 Å². The Morgan fingerprint density at radius 1 is 1.75 bits per heavy atom. The summed E-state index contributed by atoms with van der Waals surface area (Å²) < 4.78 is 4.89. The van der Waals surface area contributed by atoms with Crippen molar-refractivity contribution < 1.29 is 4.74 Å². The molecule has 0 amide bonds. The molecule has 42 valence electrons. The molecule has 0 aromatic rings. The van der Waals surface area contributed by atoms with Crippen LogP contribution in [0.25, 0.3) is 4.85 Å². The molecule has 0 saturated carbocycles. The predicted molar refractivity (Wildman–Crippen MR) is 29.8 cm³/mol. The van der Waals surface area contributed by atoms with Gasteiger partial charge in [-0.05, 0) is 12.5 Å². The summed E-state index contributed by atoms with van der Waals surface area (Å²) in [5, 5.41) is 0. The van der Waals surface area contributed by atoms with Gasteiger partial charge in [-0.1, -0.05) is 0 Å². The van der Waals surface area contributed by atoms with Gasteiger partial charge in [0, 0.05) is 0 Å². The molecule has 0 spiro atoms. The molecule has 0 N–H and O–H groups in total. The Bertz CT molecular complexity index is 134. The molecule has 0 bridgehead atoms. The zero-order chi connectivity index (χ0) is 5.82. The molecular weight excluding hydrogens is 102 g/mol. The topological polar surface area (TPSA) is 13.6 Å². The fourth-order valence-corrected chi connectivity index (χ4v) is 0.616. The van der Waals surface area contributed by atoms with E-state index in [-0.39, 0.29) is 6.23 Å². The second-order valence-corrected chi connectivity index (χ2v) is 1.67. The molecule has 0 aromatic carbocycles. The lowest BCUT2D eigenvalue weighted by Gasteiger charge is -2.06. The summed E-state index contributed by atoms with van der Waals surface area (Å²) in [4.78, 5) is 3.22. The highest BCUT2D eigenvalue weighted by molar-refractivity contribution is 4.85. The summed E-state index contributed by atoms with van der Waals surface area (Å²) in [5.41, 5.74) is 0. The Kier molecular flexibility index (Phi) is 1.53. The minimum atomic E-state index is -0.208. The maximum absolute atomic E-state index is 6.56. The summed E-state index contributed by atoms with van der Waals surface area (Å²) in [5.74, 6) is 0. The van der Waals surface area contributed by atoms with Crippen molar-refractivity contribution in [3.63, 3.8) is 0 Å². The molecule has 0 unspecified atom stereocenters. The number of hydrogen-bond donors (Lipinski definition) is 0. The van der Waals surface area contributed by atoms with E-state index < -0.39 is 0 Å². The van der Waals surface area contributed by atoms with Gasteiger partial charge in [0.05, 0.1) is 12.7 Å². The van der Waals surface area contributed by atoms with E-state index in [2.05, 4.69) is 4.85 Å². The predicted octanol–water partition coefficient (Wildman–Crippen LogP) is 1.56. The normalized spacial score (nSPS) is 26.1. The van der Waals surface area contributed by atoms with Crippen LogP contribution in [0.3, 0.4) is 0 Å². The maximum Gasteiger partial charge on any atom is 0.366 e. The molecule has 1 atom stereocenters. The van der Waals surface area contributed by atoms with Gasteiger partial charge in [-0.25, -0.2) is 6.57 Å². The second-order valence-electron chi connectivity index (χ2n) is 1.67. The lowest BCUT2D eigenvalue weighted by atomic mass is 10.2. The van der Waals surface area contributed by atoms with Crippen LogP contribution in [0.4, 0.5) is 0 Å². The fourth-order valence-electron chi connectivity index (χ4n) is 0.616. The zero-order valence-electron chi connectivity index (χ0n) is 4.50. The van der Waals surface area contributed by atoms with E-state index in [1.807, 2.05) is 6.08 Å². The summed E-state index contributed by atoms with van der Waals surface area (Å²) >= 11 is 0. The highest BCUT2D eigenvalue weighted by Gasteiger charge is 2.11. The fraction of sp³-hybridized carbons (Fsp3) is 0.500. The van der Waals surface area contributed by atoms with E-state index in [0.717, 1.165) is 12.8 Å². The molecule has 0 aliphatic carbocycles. The van der Waals surface area contributed by atoms with Crippen molar-refractivity contribution in [2.75, 3.05) is 0 Å². The first kappa shape index (κ1) is 5.17. The van der Waals surface area contributed by atoms with Gasteiger partial charge in [0.15, 0.2) is 0 Å². The van der Waals surface area contributed by atoms with Crippen LogP contribution in [0.2, 0.25) is 0 Å². The molecule has 0 saturated heterocycles. The molecule has 1 aliphatic rings. The van der Waals surface area contributed by atoms with Crippen molar-refractivity contribution in [3.8, 4) is 0 Å². The average Bonchev–Trinajstić information content (AvgIpc) is 1.90. The van der Waals surface area contributed by atoms with Crippen molar-refractivity contribution >= 4 is 0 Å². The lowest BCUT2D eigenvalue weighted by molar-refractivity contribution is 0.163. The molecule has 2 nitrogen and oxygen atoms in total. The quantitative estimate of drug-likeness (QED) is 0.430. The Morgan fingerprint density at radius 2 is 2.62 bits per heavy atom. The largest absolute Gasteiger partial charge is 0.432 e. The number of rotatable bonds is 0. The standard InChI is InChI=1S/C6H7NO/c1-7-6-4-2-3-5-8-6/h3,5-6H,2,4H2/t6-/m0/s1. The zero-order valence-corrected chi connectivity index (χ0v) is 4.50. The van der Waals surface area contributed by atoms with Crippen LogP contribution >= 0.6 is 0 Å². The van der Waals surface area contributed by atoms with Gasteiger partial charge in [0.25, 0.3) is 0 Å². The number of allylic oxidation sites excluding steroid dienone is 1. The van der Waals surface area contributed by atoms with Gasteiger partial charge in [-0.15, -0.1) is 0 Å². The monoisotopic (exact) mass is 109 g/mol. The van der Waals surface area contributed by atoms with E-state index in [1.54, 1.807) is 6.26 Å². The molecule has 2 heteroatoms. The molecule has 0 fully saturated rings. The highest BCUT2D eigenvalue weighted by Crippen LogP contribution is 2.09. The first-order valence-corrected chi connectivity index (χ1v) is 2.60. The highest BCUT2D eigenvalue weighted by atomic mass is 16.5. The Labute approximate surface area is 48.6 Å². The van der Waals surface area contributed by atoms with Crippen LogP contribution in [0.1, 0.15) is 12.8 Å². The molecule has 1 aliphatic heterocycles. The first-order chi connectivity index (χ1) is 3.93. The van der Waals surface area contributed by atoms with E-state index in [9.17, 15) is 0 Å². The van der Waals surface area contributed by atoms with Crippen molar-refractivity contribution in [2.45, 2.75) is 19.1 Å². The summed E-state index contributed by atoms with van der Waals surface area (Å²) in [6.45, 7) is 6.56. The number of nitrogens with zero attached hydrogens (tertiary/aromatic N) is 1. The van der Waals surface area contributed by atoms with Crippen LogP contribution in [0, 0.1) is 6.57 Å². The average molecular weight is 109 g/mol. The summed E-state index contributed by atoms with van der Waals surface area (Å²) in [6.07, 6.45) is 5.15. The summed E-state index contributed by atoms with van der Waals surface area (Å²) in [7, 11) is 0. The molecule has 8 heavy (non-hydrogen) atoms. The van der Waals surface area contributed by atoms with Crippen LogP contribution in [0.5, 0.6) is 0 Å². The van der Waals surface area contributed by atoms with Gasteiger partial charge in [0.1, 0.15) is 0 Å². The smallest absolute Gasteiger partial charge is 0.366 e. The van der Waals surface area contributed by atoms with Gasteiger partial charge in [0.2, 0.25) is 0 Å². The van der Waals surface area contributed by atoms with E-state index in [1.165, 1.54) is 0 Å². The lowest BCUT2D eigenvalue weighted by Crippen LogP contribution is -2.05. The third-order valence-corrected chi connectivity index (χ3v) is 1.06. The minimum absolute atomic E-state index is 0.208. The molecular formula is C6H7NO.